The van der Waals surface area contributed by atoms with E-state index in [-0.39, 0.29) is 0 Å². The zero-order valence-corrected chi connectivity index (χ0v) is 6.68. The van der Waals surface area contributed by atoms with Crippen molar-refractivity contribution in [2.45, 2.75) is 26.2 Å². The highest BCUT2D eigenvalue weighted by Crippen LogP contribution is 2.31. The van der Waals surface area contributed by atoms with E-state index < -0.39 is 0 Å². The summed E-state index contributed by atoms with van der Waals surface area (Å²) in [4.78, 5) is 0. The normalized spacial score (nSPS) is 16.6. The smallest absolute Gasteiger partial charge is 0.144 e. The molecule has 2 rings (SSSR count). The van der Waals surface area contributed by atoms with Gasteiger partial charge in [0.2, 0.25) is 0 Å². The lowest BCUT2D eigenvalue weighted by molar-refractivity contribution is 0.375. The fraction of sp³-hybridized carbons (Fsp3) is 0.444. The molecule has 0 aliphatic heterocycles. The van der Waals surface area contributed by atoms with Gasteiger partial charge < -0.3 is 4.52 Å². The Morgan fingerprint density at radius 3 is 3.00 bits per heavy atom. The van der Waals surface area contributed by atoms with Gasteiger partial charge in [0.1, 0.15) is 5.76 Å². The lowest BCUT2D eigenvalue weighted by Gasteiger charge is -2.10. The zero-order chi connectivity index (χ0) is 7.84. The van der Waals surface area contributed by atoms with Crippen molar-refractivity contribution in [1.82, 2.24) is 5.16 Å². The maximum Gasteiger partial charge on any atom is 0.144 e. The fourth-order valence-corrected chi connectivity index (χ4v) is 1.63. The second-order valence-corrected chi connectivity index (χ2v) is 3.02. The average Bonchev–Trinajstić information content (AvgIpc) is 2.34. The Hall–Kier alpha value is -1.05. The molecule has 1 aromatic heterocycles. The lowest BCUT2D eigenvalue weighted by Crippen LogP contribution is -1.98. The van der Waals surface area contributed by atoms with E-state index in [1.165, 1.54) is 11.1 Å². The Balaban J connectivity index is 2.56. The van der Waals surface area contributed by atoms with E-state index in [0.717, 1.165) is 30.7 Å². The maximum atomic E-state index is 5.15. The van der Waals surface area contributed by atoms with Crippen molar-refractivity contribution in [1.29, 1.82) is 0 Å². The summed E-state index contributed by atoms with van der Waals surface area (Å²) in [5.41, 5.74) is 3.35. The van der Waals surface area contributed by atoms with Crippen molar-refractivity contribution in [2.24, 2.45) is 0 Å². The lowest BCUT2D eigenvalue weighted by atomic mass is 9.93. The van der Waals surface area contributed by atoms with Crippen LogP contribution in [0.1, 0.15) is 29.9 Å². The van der Waals surface area contributed by atoms with Crippen molar-refractivity contribution in [3.8, 4) is 0 Å². The van der Waals surface area contributed by atoms with Crippen LogP contribution in [0, 0.1) is 6.92 Å². The number of hydrogen-bond acceptors (Lipinski definition) is 2. The Kier molecular flexibility index (Phi) is 1.34. The molecule has 0 saturated carbocycles. The van der Waals surface area contributed by atoms with Crippen molar-refractivity contribution < 1.29 is 4.52 Å². The van der Waals surface area contributed by atoms with E-state index in [0.29, 0.717) is 0 Å². The number of aryl methyl sites for hydroxylation is 2. The highest BCUT2D eigenvalue weighted by Gasteiger charge is 2.19. The summed E-state index contributed by atoms with van der Waals surface area (Å²) in [6, 6.07) is 0. The molecule has 0 N–H and O–H groups in total. The van der Waals surface area contributed by atoms with Gasteiger partial charge in [-0.05, 0) is 25.3 Å². The number of nitrogens with zero attached hydrogens (tertiary/aromatic N) is 1. The maximum absolute atomic E-state index is 5.15. The third kappa shape index (κ3) is 0.897. The summed E-state index contributed by atoms with van der Waals surface area (Å²) in [5.74, 6) is 1.03. The Morgan fingerprint density at radius 1 is 1.45 bits per heavy atom. The van der Waals surface area contributed by atoms with Crippen LogP contribution in [-0.4, -0.2) is 5.16 Å². The van der Waals surface area contributed by atoms with Crippen LogP contribution in [0.2, 0.25) is 0 Å². The minimum Gasteiger partial charge on any atom is -0.360 e. The standard InChI is InChI=1S/C9H11NO/c1-6-4-3-5-8-9(6)7(2)10-11-8/h1,3-5H2,2H3. The molecule has 1 aliphatic carbocycles. The monoisotopic (exact) mass is 149 g/mol. The van der Waals surface area contributed by atoms with Gasteiger partial charge in [0.05, 0.1) is 5.69 Å². The van der Waals surface area contributed by atoms with Gasteiger partial charge in [0.15, 0.2) is 0 Å². The predicted molar refractivity (Wildman–Crippen MR) is 43.2 cm³/mol. The summed E-state index contributed by atoms with van der Waals surface area (Å²) < 4.78 is 5.15. The zero-order valence-electron chi connectivity index (χ0n) is 6.68. The van der Waals surface area contributed by atoms with Gasteiger partial charge in [-0.2, -0.15) is 0 Å². The van der Waals surface area contributed by atoms with Gasteiger partial charge in [0.25, 0.3) is 0 Å². The van der Waals surface area contributed by atoms with Crippen LogP contribution in [0.4, 0.5) is 0 Å². The Labute approximate surface area is 65.9 Å². The SMILES string of the molecule is C=C1CCCc2onc(C)c21. The molecule has 0 radical (unpaired) electrons. The number of allylic oxidation sites excluding steroid dienone is 1. The highest BCUT2D eigenvalue weighted by atomic mass is 16.5. The summed E-state index contributed by atoms with van der Waals surface area (Å²) >= 11 is 0. The van der Waals surface area contributed by atoms with Gasteiger partial charge in [-0.15, -0.1) is 0 Å². The number of aromatic nitrogens is 1. The summed E-state index contributed by atoms with van der Waals surface area (Å²) in [5, 5.41) is 3.91. The highest BCUT2D eigenvalue weighted by molar-refractivity contribution is 5.67. The molecular weight excluding hydrogens is 138 g/mol. The van der Waals surface area contributed by atoms with E-state index in [2.05, 4.69) is 11.7 Å². The third-order valence-corrected chi connectivity index (χ3v) is 2.17. The molecule has 0 fully saturated rings. The van der Waals surface area contributed by atoms with Crippen LogP contribution in [0.25, 0.3) is 5.57 Å². The first-order valence-electron chi connectivity index (χ1n) is 3.92. The number of fused-ring (bicyclic) bond motifs is 1. The van der Waals surface area contributed by atoms with Crippen molar-refractivity contribution in [2.75, 3.05) is 0 Å². The average molecular weight is 149 g/mol. The van der Waals surface area contributed by atoms with Crippen LogP contribution in [0.3, 0.4) is 0 Å². The van der Waals surface area contributed by atoms with Gasteiger partial charge in [-0.1, -0.05) is 11.7 Å². The van der Waals surface area contributed by atoms with Crippen LogP contribution in [-0.2, 0) is 6.42 Å². The van der Waals surface area contributed by atoms with Crippen LogP contribution in [0.15, 0.2) is 11.1 Å². The predicted octanol–water partition coefficient (Wildman–Crippen LogP) is 2.33. The first-order valence-corrected chi connectivity index (χ1v) is 3.92. The van der Waals surface area contributed by atoms with E-state index in [1.807, 2.05) is 6.92 Å². The number of rotatable bonds is 0. The summed E-state index contributed by atoms with van der Waals surface area (Å²) in [6.45, 7) is 5.96. The molecule has 0 amide bonds. The first-order chi connectivity index (χ1) is 5.29. The van der Waals surface area contributed by atoms with Gasteiger partial charge in [0, 0.05) is 12.0 Å². The molecule has 1 heterocycles. The van der Waals surface area contributed by atoms with Gasteiger partial charge >= 0.3 is 0 Å². The molecule has 1 aromatic rings. The molecule has 58 valence electrons. The summed E-state index contributed by atoms with van der Waals surface area (Å²) in [6.07, 6.45) is 3.27. The molecule has 0 unspecified atom stereocenters. The van der Waals surface area contributed by atoms with Gasteiger partial charge in [-0.3, -0.25) is 0 Å². The van der Waals surface area contributed by atoms with E-state index in [9.17, 15) is 0 Å². The minimum atomic E-state index is 0.990. The number of hydrogen-bond donors (Lipinski definition) is 0. The van der Waals surface area contributed by atoms with Crippen molar-refractivity contribution in [3.05, 3.63) is 23.6 Å². The molecule has 0 spiro atoms. The summed E-state index contributed by atoms with van der Waals surface area (Å²) in [7, 11) is 0. The van der Waals surface area contributed by atoms with E-state index in [1.54, 1.807) is 0 Å². The topological polar surface area (TPSA) is 26.0 Å². The second-order valence-electron chi connectivity index (χ2n) is 3.02. The minimum absolute atomic E-state index is 0.990. The molecule has 0 aromatic carbocycles. The molecule has 0 bridgehead atoms. The fourth-order valence-electron chi connectivity index (χ4n) is 1.63. The molecule has 1 aliphatic rings. The van der Waals surface area contributed by atoms with E-state index in [4.69, 9.17) is 4.52 Å². The molecule has 2 nitrogen and oxygen atoms in total. The quantitative estimate of drug-likeness (QED) is 0.565. The largest absolute Gasteiger partial charge is 0.360 e. The molecule has 11 heavy (non-hydrogen) atoms. The molecule has 2 heteroatoms. The first kappa shape index (κ1) is 6.65. The Bertz CT molecular complexity index is 299. The third-order valence-electron chi connectivity index (χ3n) is 2.17. The van der Waals surface area contributed by atoms with Crippen molar-refractivity contribution in [3.63, 3.8) is 0 Å². The van der Waals surface area contributed by atoms with Crippen LogP contribution in [0.5, 0.6) is 0 Å². The van der Waals surface area contributed by atoms with E-state index >= 15 is 0 Å². The molecular formula is C9H11NO. The Morgan fingerprint density at radius 2 is 2.27 bits per heavy atom. The van der Waals surface area contributed by atoms with Crippen LogP contribution >= 0.6 is 0 Å². The second kappa shape index (κ2) is 2.22. The van der Waals surface area contributed by atoms with Crippen LogP contribution < -0.4 is 0 Å². The molecule has 0 atom stereocenters. The molecule has 0 saturated heterocycles. The van der Waals surface area contributed by atoms with Gasteiger partial charge in [-0.25, -0.2) is 0 Å². The van der Waals surface area contributed by atoms with Crippen molar-refractivity contribution >= 4 is 5.57 Å².